The molecule has 1 aromatic rings. The number of nitrogens with two attached hydrogens (primary N) is 1. The molecule has 0 aliphatic carbocycles. The zero-order chi connectivity index (χ0) is 13.9. The van der Waals surface area contributed by atoms with E-state index in [-0.39, 0.29) is 17.9 Å². The maximum atomic E-state index is 10.6. The fourth-order valence-electron chi connectivity index (χ4n) is 1.11. The minimum atomic E-state index is -2.69. The Hall–Kier alpha value is -1.75. The molecule has 5 nitrogen and oxygen atoms in total. The molecule has 1 rings (SSSR count). The van der Waals surface area contributed by atoms with Crippen LogP contribution >= 0.6 is 0 Å². The van der Waals surface area contributed by atoms with Crippen molar-refractivity contribution in [3.8, 4) is 11.5 Å². The number of benzene rings is 1. The topological polar surface area (TPSA) is 92.8 Å². The molecule has 0 aromatic heterocycles. The van der Waals surface area contributed by atoms with E-state index in [1.54, 1.807) is 0 Å². The van der Waals surface area contributed by atoms with Crippen LogP contribution in [0.15, 0.2) is 18.2 Å². The van der Waals surface area contributed by atoms with Crippen LogP contribution in [0.1, 0.15) is 9.68 Å². The lowest BCUT2D eigenvalue weighted by Crippen LogP contribution is -2.32. The second kappa shape index (κ2) is 4.65. The maximum absolute atomic E-state index is 10.6. The first-order valence-electron chi connectivity index (χ1n) is 5.68. The summed E-state index contributed by atoms with van der Waals surface area (Å²) in [6, 6.07) is 2.83. The van der Waals surface area contributed by atoms with Crippen LogP contribution in [0, 0.1) is 0 Å². The maximum Gasteiger partial charge on any atom is 0.320 e. The molecule has 15 heavy (non-hydrogen) atoms. The molecule has 0 saturated heterocycles. The van der Waals surface area contributed by atoms with Crippen LogP contribution in [-0.4, -0.2) is 29.3 Å². The lowest BCUT2D eigenvalue weighted by molar-refractivity contribution is -0.138. The number of phenolic OH excluding ortho intramolecular Hbond substituents is 1. The Kier molecular flexibility index (Phi) is 2.34. The van der Waals surface area contributed by atoms with Crippen LogP contribution in [0.5, 0.6) is 11.5 Å². The number of hydrogen-bond acceptors (Lipinski definition) is 4. The molecule has 0 radical (unpaired) electrons. The Labute approximate surface area is 91.3 Å². The summed E-state index contributed by atoms with van der Waals surface area (Å²) in [5.41, 5.74) is 5.81. The van der Waals surface area contributed by atoms with E-state index in [9.17, 15) is 9.90 Å². The van der Waals surface area contributed by atoms with E-state index in [0.717, 1.165) is 0 Å². The molecular weight excluding hydrogens is 198 g/mol. The highest BCUT2D eigenvalue weighted by Crippen LogP contribution is 2.26. The number of carboxylic acids is 1. The number of phenols is 1. The first kappa shape index (κ1) is 7.53. The number of aromatic hydroxyl groups is 1. The molecule has 0 fully saturated rings. The highest BCUT2D eigenvalue weighted by molar-refractivity contribution is 5.73. The van der Waals surface area contributed by atoms with Gasteiger partial charge in [-0.3, -0.25) is 4.79 Å². The SMILES string of the molecule is [2H]C([2H])([2H])Oc1cc(C[C@@H](N)C(=O)O)ccc1O. The van der Waals surface area contributed by atoms with Crippen molar-refractivity contribution in [3.63, 3.8) is 0 Å². The van der Waals surface area contributed by atoms with E-state index in [1.165, 1.54) is 18.2 Å². The summed E-state index contributed by atoms with van der Waals surface area (Å²) in [5, 5.41) is 18.1. The molecule has 0 amide bonds. The average molecular weight is 214 g/mol. The Morgan fingerprint density at radius 1 is 1.73 bits per heavy atom. The van der Waals surface area contributed by atoms with Crippen LogP contribution in [0.4, 0.5) is 0 Å². The Morgan fingerprint density at radius 2 is 2.47 bits per heavy atom. The molecule has 1 atom stereocenters. The van der Waals surface area contributed by atoms with Gasteiger partial charge in [0.05, 0.1) is 11.2 Å². The highest BCUT2D eigenvalue weighted by atomic mass is 16.5. The van der Waals surface area contributed by atoms with Crippen LogP contribution in [0.2, 0.25) is 0 Å². The van der Waals surface area contributed by atoms with Gasteiger partial charge in [-0.15, -0.1) is 0 Å². The van der Waals surface area contributed by atoms with Crippen molar-refractivity contribution in [1.29, 1.82) is 0 Å². The van der Waals surface area contributed by atoms with Crippen molar-refractivity contribution < 1.29 is 23.9 Å². The van der Waals surface area contributed by atoms with Crippen LogP contribution in [0.25, 0.3) is 0 Å². The van der Waals surface area contributed by atoms with Crippen LogP contribution in [-0.2, 0) is 11.2 Å². The predicted molar refractivity (Wildman–Crippen MR) is 54.0 cm³/mol. The summed E-state index contributed by atoms with van der Waals surface area (Å²) < 4.78 is 25.4. The van der Waals surface area contributed by atoms with E-state index < -0.39 is 19.0 Å². The standard InChI is InChI=1S/C10H13NO4/c1-15-9-5-6(2-3-8(9)12)4-7(11)10(13)14/h2-3,5,7,12H,4,11H2,1H3,(H,13,14)/t7-/m1/s1/i1D3. The lowest BCUT2D eigenvalue weighted by Gasteiger charge is -2.08. The van der Waals surface area contributed by atoms with Gasteiger partial charge in [0.15, 0.2) is 11.5 Å². The first-order valence-corrected chi connectivity index (χ1v) is 4.18. The lowest BCUT2D eigenvalue weighted by atomic mass is 10.1. The minimum Gasteiger partial charge on any atom is -0.504 e. The highest BCUT2D eigenvalue weighted by Gasteiger charge is 2.13. The van der Waals surface area contributed by atoms with Gasteiger partial charge < -0.3 is 20.7 Å². The van der Waals surface area contributed by atoms with E-state index in [1.807, 2.05) is 0 Å². The molecule has 0 heterocycles. The molecule has 5 heteroatoms. The number of methoxy groups -OCH3 is 1. The largest absolute Gasteiger partial charge is 0.504 e. The van der Waals surface area contributed by atoms with Gasteiger partial charge in [0.25, 0.3) is 0 Å². The average Bonchev–Trinajstić information content (AvgIpc) is 2.20. The smallest absolute Gasteiger partial charge is 0.320 e. The van der Waals surface area contributed by atoms with Crippen LogP contribution < -0.4 is 10.5 Å². The molecule has 4 N–H and O–H groups in total. The second-order valence-corrected chi connectivity index (χ2v) is 3.05. The summed E-state index contributed by atoms with van der Waals surface area (Å²) in [4.78, 5) is 10.6. The summed E-state index contributed by atoms with van der Waals surface area (Å²) in [6.45, 7) is 0. The molecule has 0 spiro atoms. The van der Waals surface area contributed by atoms with Gasteiger partial charge in [0.2, 0.25) is 0 Å². The van der Waals surface area contributed by atoms with E-state index in [4.69, 9.17) is 15.0 Å². The monoisotopic (exact) mass is 214 g/mol. The minimum absolute atomic E-state index is 0.00692. The fraction of sp³-hybridized carbons (Fsp3) is 0.300. The molecule has 82 valence electrons. The van der Waals surface area contributed by atoms with Gasteiger partial charge in [-0.25, -0.2) is 0 Å². The molecular formula is C10H13NO4. The Bertz CT molecular complexity index is 447. The molecule has 0 bridgehead atoms. The first-order chi connectivity index (χ1) is 8.19. The Morgan fingerprint density at radius 3 is 3.07 bits per heavy atom. The normalized spacial score (nSPS) is 15.9. The van der Waals surface area contributed by atoms with Crippen molar-refractivity contribution in [1.82, 2.24) is 0 Å². The third-order valence-corrected chi connectivity index (χ3v) is 1.91. The predicted octanol–water partition coefficient (Wildman–Crippen LogP) is 0.355. The zero-order valence-corrected chi connectivity index (χ0v) is 7.80. The van der Waals surface area contributed by atoms with Gasteiger partial charge in [-0.05, 0) is 24.1 Å². The van der Waals surface area contributed by atoms with Crippen molar-refractivity contribution in [3.05, 3.63) is 23.8 Å². The molecule has 0 unspecified atom stereocenters. The Balaban J connectivity index is 2.90. The van der Waals surface area contributed by atoms with Gasteiger partial charge in [0, 0.05) is 0 Å². The van der Waals surface area contributed by atoms with Crippen molar-refractivity contribution in [2.24, 2.45) is 5.73 Å². The number of aliphatic carboxylic acids is 1. The molecule has 0 saturated carbocycles. The summed E-state index contributed by atoms with van der Waals surface area (Å²) in [5.74, 6) is -1.73. The quantitative estimate of drug-likeness (QED) is 0.672. The van der Waals surface area contributed by atoms with E-state index in [0.29, 0.717) is 5.56 Å². The third-order valence-electron chi connectivity index (χ3n) is 1.91. The van der Waals surface area contributed by atoms with Gasteiger partial charge in [0.1, 0.15) is 6.04 Å². The number of carboxylic acid groups (broad SMARTS) is 1. The van der Waals surface area contributed by atoms with Gasteiger partial charge >= 0.3 is 5.97 Å². The number of ether oxygens (including phenoxy) is 1. The number of rotatable bonds is 4. The fourth-order valence-corrected chi connectivity index (χ4v) is 1.11. The van der Waals surface area contributed by atoms with Crippen molar-refractivity contribution in [2.75, 3.05) is 7.04 Å². The molecule has 0 aliphatic heterocycles. The molecule has 1 aromatic carbocycles. The third kappa shape index (κ3) is 2.85. The zero-order valence-electron chi connectivity index (χ0n) is 10.8. The summed E-state index contributed by atoms with van der Waals surface area (Å²) in [7, 11) is -2.69. The number of carbonyl (C=O) groups is 1. The summed E-state index contributed by atoms with van der Waals surface area (Å²) in [6.07, 6.45) is 0.00692. The number of hydrogen-bond donors (Lipinski definition) is 3. The van der Waals surface area contributed by atoms with E-state index in [2.05, 4.69) is 4.74 Å². The van der Waals surface area contributed by atoms with Crippen molar-refractivity contribution in [2.45, 2.75) is 12.5 Å². The second-order valence-electron chi connectivity index (χ2n) is 3.05. The molecule has 0 aliphatic rings. The van der Waals surface area contributed by atoms with E-state index >= 15 is 0 Å². The van der Waals surface area contributed by atoms with Gasteiger partial charge in [-0.1, -0.05) is 6.07 Å². The summed E-state index contributed by atoms with van der Waals surface area (Å²) >= 11 is 0. The van der Waals surface area contributed by atoms with Gasteiger partial charge in [-0.2, -0.15) is 0 Å². The van der Waals surface area contributed by atoms with Crippen LogP contribution in [0.3, 0.4) is 0 Å². The van der Waals surface area contributed by atoms with Crippen molar-refractivity contribution >= 4 is 5.97 Å².